The highest BCUT2D eigenvalue weighted by Gasteiger charge is 2.55. The number of amides is 2. The summed E-state index contributed by atoms with van der Waals surface area (Å²) in [5.41, 5.74) is -0.507. The molecule has 12 heteroatoms. The number of aldehydes is 1. The number of benzene rings is 1. The van der Waals surface area contributed by atoms with Crippen molar-refractivity contribution in [3.63, 3.8) is 0 Å². The fourth-order valence-corrected chi connectivity index (χ4v) is 5.18. The summed E-state index contributed by atoms with van der Waals surface area (Å²) in [6.07, 6.45) is 0.357. The Kier molecular flexibility index (Phi) is 5.28. The van der Waals surface area contributed by atoms with Gasteiger partial charge in [0.05, 0.1) is 0 Å². The van der Waals surface area contributed by atoms with Gasteiger partial charge in [0.15, 0.2) is 5.25 Å². The molecule has 2 amide bonds. The molecule has 0 bridgehead atoms. The van der Waals surface area contributed by atoms with Gasteiger partial charge in [-0.3, -0.25) is 23.8 Å². The van der Waals surface area contributed by atoms with Crippen LogP contribution in [0.25, 0.3) is 0 Å². The van der Waals surface area contributed by atoms with E-state index in [0.717, 1.165) is 16.7 Å². The first-order chi connectivity index (χ1) is 13.2. The van der Waals surface area contributed by atoms with Gasteiger partial charge in [0.25, 0.3) is 16.0 Å². The number of β-lactam (4-membered cyclic amide) rings is 1. The normalized spacial score (nSPS) is 22.8. The predicted molar refractivity (Wildman–Crippen MR) is 96.5 cm³/mol. The fourth-order valence-electron chi connectivity index (χ4n) is 3.05. The van der Waals surface area contributed by atoms with Gasteiger partial charge in [-0.2, -0.15) is 8.42 Å². The molecule has 2 heterocycles. The number of fused-ring (bicyclic) bond motifs is 1. The summed E-state index contributed by atoms with van der Waals surface area (Å²) < 4.78 is 32.9. The Hall–Kier alpha value is -2.70. The van der Waals surface area contributed by atoms with Gasteiger partial charge in [0, 0.05) is 11.3 Å². The third-order valence-corrected chi connectivity index (χ3v) is 6.66. The van der Waals surface area contributed by atoms with Crippen LogP contribution >= 0.6 is 11.8 Å². The quantitative estimate of drug-likeness (QED) is 0.311. The van der Waals surface area contributed by atoms with E-state index < -0.39 is 50.3 Å². The van der Waals surface area contributed by atoms with Gasteiger partial charge in [-0.05, 0) is 5.56 Å². The second-order valence-electron chi connectivity index (χ2n) is 6.00. The van der Waals surface area contributed by atoms with Crippen molar-refractivity contribution in [1.29, 1.82) is 0 Å². The molecular formula is C16H14N2O8S2. The molecule has 3 N–H and O–H groups in total. The predicted octanol–water partition coefficient (Wildman–Crippen LogP) is -0.447. The van der Waals surface area contributed by atoms with E-state index in [0.29, 0.717) is 6.29 Å². The van der Waals surface area contributed by atoms with Crippen molar-refractivity contribution in [1.82, 2.24) is 10.2 Å². The highest BCUT2D eigenvalue weighted by Crippen LogP contribution is 2.40. The molecule has 28 heavy (non-hydrogen) atoms. The molecule has 148 valence electrons. The molecule has 0 saturated carbocycles. The number of rotatable bonds is 6. The minimum atomic E-state index is -4.82. The number of carbonyl (C=O) groups is 4. The molecule has 1 unspecified atom stereocenters. The molecule has 3 atom stereocenters. The van der Waals surface area contributed by atoms with E-state index in [1.807, 2.05) is 0 Å². The Morgan fingerprint density at radius 2 is 1.93 bits per heavy atom. The minimum absolute atomic E-state index is 0.0109. The Balaban J connectivity index is 1.84. The molecule has 0 radical (unpaired) electrons. The summed E-state index contributed by atoms with van der Waals surface area (Å²) >= 11 is 1.06. The Labute approximate surface area is 163 Å². The summed E-state index contributed by atoms with van der Waals surface area (Å²) in [6, 6.07) is 6.05. The standard InChI is InChI=1S/C16H14N2O8S2/c19-6-9-7-27-15-10(14(21)18(15)11(9)16(22)23)17-13(20)12(28(24,25)26)8-4-2-1-3-5-8/h1-6,10,12,15H,7H2,(H,17,20)(H,22,23)(H,24,25,26)/t10-,12?,15+/m1/s1. The van der Waals surface area contributed by atoms with Crippen molar-refractivity contribution in [2.45, 2.75) is 16.7 Å². The summed E-state index contributed by atoms with van der Waals surface area (Å²) in [5, 5.41) is 8.80. The first-order valence-electron chi connectivity index (χ1n) is 7.84. The molecule has 2 aliphatic rings. The lowest BCUT2D eigenvalue weighted by Crippen LogP contribution is -2.71. The Morgan fingerprint density at radius 3 is 2.46 bits per heavy atom. The number of aliphatic carboxylic acids is 1. The number of nitrogens with zero attached hydrogens (tertiary/aromatic N) is 1. The lowest BCUT2D eigenvalue weighted by Gasteiger charge is -2.49. The van der Waals surface area contributed by atoms with Gasteiger partial charge in [-0.25, -0.2) is 4.79 Å². The van der Waals surface area contributed by atoms with Crippen molar-refractivity contribution < 1.29 is 37.3 Å². The first-order valence-corrected chi connectivity index (χ1v) is 10.4. The van der Waals surface area contributed by atoms with Crippen molar-refractivity contribution in [2.24, 2.45) is 0 Å². The average Bonchev–Trinajstić information content (AvgIpc) is 2.64. The van der Waals surface area contributed by atoms with E-state index in [1.165, 1.54) is 24.3 Å². The molecule has 3 rings (SSSR count). The molecule has 0 aromatic heterocycles. The number of carbonyl (C=O) groups excluding carboxylic acids is 3. The lowest BCUT2D eigenvalue weighted by molar-refractivity contribution is -0.150. The maximum absolute atomic E-state index is 12.5. The minimum Gasteiger partial charge on any atom is -0.477 e. The van der Waals surface area contributed by atoms with Gasteiger partial charge in [0.2, 0.25) is 5.91 Å². The molecule has 1 aromatic rings. The molecule has 1 fully saturated rings. The first kappa shape index (κ1) is 20.0. The van der Waals surface area contributed by atoms with E-state index in [1.54, 1.807) is 6.07 Å². The molecule has 2 aliphatic heterocycles. The fraction of sp³-hybridized carbons (Fsp3) is 0.250. The zero-order valence-corrected chi connectivity index (χ0v) is 15.6. The second kappa shape index (κ2) is 7.37. The zero-order chi connectivity index (χ0) is 20.6. The van der Waals surface area contributed by atoms with Crippen LogP contribution < -0.4 is 5.32 Å². The third-order valence-electron chi connectivity index (χ3n) is 4.28. The van der Waals surface area contributed by atoms with Gasteiger partial charge in [-0.15, -0.1) is 11.8 Å². The SMILES string of the molecule is O=CC1=C(C(=O)O)N2C(=O)[C@@H](NC(=O)C(c3ccccc3)S(=O)(=O)O)[C@@H]2SC1. The second-order valence-corrected chi connectivity index (χ2v) is 8.60. The van der Waals surface area contributed by atoms with Gasteiger partial charge < -0.3 is 10.4 Å². The number of carboxylic acid groups (broad SMARTS) is 1. The monoisotopic (exact) mass is 426 g/mol. The maximum Gasteiger partial charge on any atom is 0.353 e. The average molecular weight is 426 g/mol. The maximum atomic E-state index is 12.5. The third kappa shape index (κ3) is 3.41. The van der Waals surface area contributed by atoms with Crippen molar-refractivity contribution >= 4 is 45.9 Å². The van der Waals surface area contributed by atoms with Crippen LogP contribution in [0.3, 0.4) is 0 Å². The summed E-state index contributed by atoms with van der Waals surface area (Å²) in [5.74, 6) is -3.34. The van der Waals surface area contributed by atoms with Crippen LogP contribution in [0.5, 0.6) is 0 Å². The summed E-state index contributed by atoms with van der Waals surface area (Å²) in [7, 11) is -4.82. The highest BCUT2D eigenvalue weighted by molar-refractivity contribution is 8.00. The highest BCUT2D eigenvalue weighted by atomic mass is 32.2. The lowest BCUT2D eigenvalue weighted by atomic mass is 10.0. The van der Waals surface area contributed by atoms with Crippen LogP contribution in [0, 0.1) is 0 Å². The van der Waals surface area contributed by atoms with Crippen LogP contribution in [0.2, 0.25) is 0 Å². The molecule has 10 nitrogen and oxygen atoms in total. The molecule has 1 saturated heterocycles. The van der Waals surface area contributed by atoms with E-state index in [2.05, 4.69) is 5.32 Å². The molecule has 0 spiro atoms. The van der Waals surface area contributed by atoms with E-state index >= 15 is 0 Å². The van der Waals surface area contributed by atoms with Crippen LogP contribution in [0.4, 0.5) is 0 Å². The van der Waals surface area contributed by atoms with Crippen molar-refractivity contribution in [3.8, 4) is 0 Å². The largest absolute Gasteiger partial charge is 0.477 e. The molecule has 1 aromatic carbocycles. The number of nitrogens with one attached hydrogen (secondary N) is 1. The molecule has 0 aliphatic carbocycles. The number of carboxylic acids is 1. The van der Waals surface area contributed by atoms with Crippen LogP contribution in [0.15, 0.2) is 41.6 Å². The number of hydrogen-bond donors (Lipinski definition) is 3. The topological polar surface area (TPSA) is 158 Å². The number of thioether (sulfide) groups is 1. The zero-order valence-electron chi connectivity index (χ0n) is 14.0. The van der Waals surface area contributed by atoms with Gasteiger partial charge >= 0.3 is 5.97 Å². The van der Waals surface area contributed by atoms with E-state index in [9.17, 15) is 37.3 Å². The summed E-state index contributed by atoms with van der Waals surface area (Å²) in [6.45, 7) is 0. The Morgan fingerprint density at radius 1 is 1.29 bits per heavy atom. The van der Waals surface area contributed by atoms with Gasteiger partial charge in [-0.1, -0.05) is 30.3 Å². The van der Waals surface area contributed by atoms with Crippen molar-refractivity contribution in [3.05, 3.63) is 47.2 Å². The van der Waals surface area contributed by atoms with Crippen LogP contribution in [-0.4, -0.2) is 64.2 Å². The smallest absolute Gasteiger partial charge is 0.353 e. The van der Waals surface area contributed by atoms with E-state index in [4.69, 9.17) is 0 Å². The van der Waals surface area contributed by atoms with Gasteiger partial charge in [0.1, 0.15) is 23.4 Å². The summed E-state index contributed by atoms with van der Waals surface area (Å²) in [4.78, 5) is 48.2. The van der Waals surface area contributed by atoms with Crippen LogP contribution in [0.1, 0.15) is 10.8 Å². The Bertz CT molecular complexity index is 989. The number of hydrogen-bond acceptors (Lipinski definition) is 7. The van der Waals surface area contributed by atoms with E-state index in [-0.39, 0.29) is 16.9 Å². The van der Waals surface area contributed by atoms with Crippen LogP contribution in [-0.2, 0) is 29.3 Å². The molecular weight excluding hydrogens is 412 g/mol. The van der Waals surface area contributed by atoms with Crippen molar-refractivity contribution in [2.75, 3.05) is 5.75 Å².